The van der Waals surface area contributed by atoms with E-state index in [0.717, 1.165) is 82.7 Å². The minimum absolute atomic E-state index is 0.248. The molecule has 2 fully saturated rings. The molecule has 12 heteroatoms. The van der Waals surface area contributed by atoms with E-state index < -0.39 is 5.97 Å². The summed E-state index contributed by atoms with van der Waals surface area (Å²) in [4.78, 5) is 31.9. The van der Waals surface area contributed by atoms with Crippen molar-refractivity contribution in [3.8, 4) is 22.9 Å². The number of carboxylic acid groups (broad SMARTS) is 1. The molecule has 1 atom stereocenters. The Morgan fingerprint density at radius 2 is 1.66 bits per heavy atom. The normalized spacial score (nSPS) is 17.5. The Kier molecular flexibility index (Phi) is 11.3. The van der Waals surface area contributed by atoms with E-state index in [0.29, 0.717) is 45.7 Å². The Labute approximate surface area is 268 Å². The summed E-state index contributed by atoms with van der Waals surface area (Å²) >= 11 is 12.6. The van der Waals surface area contributed by atoms with E-state index in [1.54, 1.807) is 25.4 Å². The molecule has 0 radical (unpaired) electrons. The van der Waals surface area contributed by atoms with Gasteiger partial charge in [-0.3, -0.25) is 14.6 Å². The lowest BCUT2D eigenvalue weighted by Gasteiger charge is -2.34. The molecule has 0 spiro atoms. The van der Waals surface area contributed by atoms with Gasteiger partial charge in [-0.1, -0.05) is 30.1 Å². The minimum atomic E-state index is -0.749. The summed E-state index contributed by atoms with van der Waals surface area (Å²) in [6.45, 7) is 8.69. The predicted molar refractivity (Wildman–Crippen MR) is 172 cm³/mol. The first-order valence-corrected chi connectivity index (χ1v) is 16.0. The zero-order valence-electron chi connectivity index (χ0n) is 25.0. The molecule has 0 aliphatic carbocycles. The predicted octanol–water partition coefficient (Wildman–Crippen LogP) is 5.46. The average Bonchev–Trinajstić information content (AvgIpc) is 3.01. The van der Waals surface area contributed by atoms with Gasteiger partial charge in [0.15, 0.2) is 5.75 Å². The quantitative estimate of drug-likeness (QED) is 0.264. The highest BCUT2D eigenvalue weighted by Gasteiger charge is 2.22. The molecular formula is C32H40Cl2N6O4. The van der Waals surface area contributed by atoms with Crippen LogP contribution in [0, 0.1) is 11.8 Å². The average molecular weight is 644 g/mol. The smallest absolute Gasteiger partial charge is 0.306 e. The van der Waals surface area contributed by atoms with Crippen LogP contribution in [0.5, 0.6) is 11.6 Å². The maximum atomic E-state index is 11.1. The number of aliphatic hydroxyl groups excluding tert-OH is 1. The molecule has 2 saturated heterocycles. The van der Waals surface area contributed by atoms with E-state index in [4.69, 9.17) is 38.0 Å². The number of aromatic nitrogens is 3. The molecule has 5 rings (SSSR count). The number of nitrogens with zero attached hydrogens (tertiary/aromatic N) is 6. The molecule has 0 bridgehead atoms. The molecule has 4 heterocycles. The molecule has 44 heavy (non-hydrogen) atoms. The third-order valence-corrected chi connectivity index (χ3v) is 8.90. The Balaban J connectivity index is 1.26. The van der Waals surface area contributed by atoms with Gasteiger partial charge in [0.25, 0.3) is 0 Å². The fraction of sp³-hybridized carbons (Fsp3) is 0.500. The van der Waals surface area contributed by atoms with E-state index in [1.165, 1.54) is 0 Å². The van der Waals surface area contributed by atoms with Crippen molar-refractivity contribution in [2.75, 3.05) is 57.3 Å². The minimum Gasteiger partial charge on any atom is -0.481 e. The van der Waals surface area contributed by atoms with Gasteiger partial charge in [0.05, 0.1) is 24.0 Å². The largest absolute Gasteiger partial charge is 0.481 e. The number of likely N-dealkylation sites (tertiary alicyclic amines) is 1. The second-order valence-corrected chi connectivity index (χ2v) is 12.6. The van der Waals surface area contributed by atoms with Gasteiger partial charge in [-0.05, 0) is 81.1 Å². The Bertz CT molecular complexity index is 1380. The summed E-state index contributed by atoms with van der Waals surface area (Å²) in [7, 11) is 0. The van der Waals surface area contributed by atoms with Gasteiger partial charge in [-0.25, -0.2) is 15.0 Å². The number of hydrogen-bond acceptors (Lipinski definition) is 9. The number of anilines is 1. The summed E-state index contributed by atoms with van der Waals surface area (Å²) in [6.07, 6.45) is 7.00. The number of carboxylic acids is 1. The van der Waals surface area contributed by atoms with Gasteiger partial charge in [0.2, 0.25) is 11.8 Å². The summed E-state index contributed by atoms with van der Waals surface area (Å²) in [5.41, 5.74) is 2.58. The highest BCUT2D eigenvalue weighted by atomic mass is 35.5. The first kappa shape index (κ1) is 32.4. The topological polar surface area (TPSA) is 115 Å². The van der Waals surface area contributed by atoms with Crippen molar-refractivity contribution in [1.29, 1.82) is 0 Å². The van der Waals surface area contributed by atoms with Crippen LogP contribution in [0.25, 0.3) is 11.3 Å². The number of piperidine rings is 1. The number of ether oxygens (including phenoxy) is 1. The molecule has 0 amide bonds. The third-order valence-electron chi connectivity index (χ3n) is 8.46. The fourth-order valence-electron chi connectivity index (χ4n) is 5.74. The summed E-state index contributed by atoms with van der Waals surface area (Å²) in [5, 5.41) is 19.5. The zero-order chi connectivity index (χ0) is 31.1. The number of aliphatic carboxylic acids is 1. The van der Waals surface area contributed by atoms with Crippen LogP contribution < -0.4 is 9.64 Å². The monoisotopic (exact) mass is 642 g/mol. The van der Waals surface area contributed by atoms with Gasteiger partial charge in [-0.2, -0.15) is 0 Å². The molecular weight excluding hydrogens is 603 g/mol. The van der Waals surface area contributed by atoms with E-state index in [9.17, 15) is 9.90 Å². The van der Waals surface area contributed by atoms with Crippen molar-refractivity contribution >= 4 is 35.1 Å². The number of benzene rings is 1. The third kappa shape index (κ3) is 9.01. The standard InChI is InChI=1S/C32H40Cl2N6O4/c1-22(31(42)43)2-6-38-9-11-40(12-10-38)32-35-19-28(20-36-32)44-30-15-24(21-39-7-3-23(4-8-39)5-13-41)14-29(37-30)25-16-26(33)18-27(34)17-25/h14-20,22-23,41H,2-13,21H2,1H3,(H,42,43). The number of aliphatic hydroxyl groups is 1. The Hall–Kier alpha value is -3.02. The Morgan fingerprint density at radius 1 is 0.977 bits per heavy atom. The Morgan fingerprint density at radius 3 is 2.30 bits per heavy atom. The van der Waals surface area contributed by atoms with Gasteiger partial charge < -0.3 is 19.8 Å². The van der Waals surface area contributed by atoms with E-state index in [2.05, 4.69) is 30.7 Å². The maximum Gasteiger partial charge on any atom is 0.306 e. The van der Waals surface area contributed by atoms with Crippen molar-refractivity contribution in [1.82, 2.24) is 24.8 Å². The molecule has 10 nitrogen and oxygen atoms in total. The number of pyridine rings is 1. The molecule has 2 aliphatic rings. The molecule has 2 aliphatic heterocycles. The molecule has 1 aromatic carbocycles. The van der Waals surface area contributed by atoms with Crippen LogP contribution in [-0.2, 0) is 11.3 Å². The van der Waals surface area contributed by atoms with Crippen LogP contribution in [0.1, 0.15) is 38.2 Å². The number of halogens is 2. The SMILES string of the molecule is CC(CCN1CCN(c2ncc(Oc3cc(CN4CCC(CCO)CC4)cc(-c4cc(Cl)cc(Cl)c4)n3)cn2)CC1)C(=O)O. The van der Waals surface area contributed by atoms with Crippen LogP contribution in [-0.4, -0.2) is 93.4 Å². The second kappa shape index (κ2) is 15.3. The summed E-state index contributed by atoms with van der Waals surface area (Å²) in [6, 6.07) is 9.38. The van der Waals surface area contributed by atoms with Crippen molar-refractivity contribution < 1.29 is 19.7 Å². The summed E-state index contributed by atoms with van der Waals surface area (Å²) in [5.74, 6) is 1.05. The number of piperazine rings is 1. The number of carbonyl (C=O) groups is 1. The van der Waals surface area contributed by atoms with Crippen molar-refractivity contribution in [2.45, 2.75) is 39.2 Å². The molecule has 236 valence electrons. The highest BCUT2D eigenvalue weighted by Crippen LogP contribution is 2.31. The molecule has 0 saturated carbocycles. The van der Waals surface area contributed by atoms with Crippen molar-refractivity contribution in [3.05, 3.63) is 58.3 Å². The molecule has 1 unspecified atom stereocenters. The number of rotatable bonds is 12. The first-order chi connectivity index (χ1) is 21.2. The van der Waals surface area contributed by atoms with Crippen LogP contribution in [0.4, 0.5) is 5.95 Å². The van der Waals surface area contributed by atoms with Gasteiger partial charge in [0, 0.05) is 61.0 Å². The first-order valence-electron chi connectivity index (χ1n) is 15.3. The maximum absolute atomic E-state index is 11.1. The van der Waals surface area contributed by atoms with Crippen molar-refractivity contribution in [2.24, 2.45) is 11.8 Å². The van der Waals surface area contributed by atoms with Crippen LogP contribution >= 0.6 is 23.2 Å². The lowest BCUT2D eigenvalue weighted by atomic mass is 9.93. The van der Waals surface area contributed by atoms with E-state index in [-0.39, 0.29) is 12.5 Å². The molecule has 2 N–H and O–H groups in total. The lowest BCUT2D eigenvalue weighted by Crippen LogP contribution is -2.47. The van der Waals surface area contributed by atoms with Crippen LogP contribution in [0.15, 0.2) is 42.7 Å². The fourth-order valence-corrected chi connectivity index (χ4v) is 6.27. The second-order valence-electron chi connectivity index (χ2n) is 11.8. The van der Waals surface area contributed by atoms with Crippen LogP contribution in [0.3, 0.4) is 0 Å². The van der Waals surface area contributed by atoms with E-state index >= 15 is 0 Å². The molecule has 2 aromatic heterocycles. The lowest BCUT2D eigenvalue weighted by molar-refractivity contribution is -0.141. The summed E-state index contributed by atoms with van der Waals surface area (Å²) < 4.78 is 6.19. The van der Waals surface area contributed by atoms with Gasteiger partial charge in [0.1, 0.15) is 0 Å². The van der Waals surface area contributed by atoms with Gasteiger partial charge in [-0.15, -0.1) is 0 Å². The van der Waals surface area contributed by atoms with E-state index in [1.807, 2.05) is 18.2 Å². The zero-order valence-corrected chi connectivity index (χ0v) is 26.6. The molecule has 3 aromatic rings. The highest BCUT2D eigenvalue weighted by molar-refractivity contribution is 6.35. The number of hydrogen-bond donors (Lipinski definition) is 2. The van der Waals surface area contributed by atoms with Crippen molar-refractivity contribution in [3.63, 3.8) is 0 Å². The van der Waals surface area contributed by atoms with Gasteiger partial charge >= 0.3 is 5.97 Å². The van der Waals surface area contributed by atoms with Crippen LogP contribution in [0.2, 0.25) is 10.0 Å².